The van der Waals surface area contributed by atoms with E-state index >= 15 is 0 Å². The molecule has 3 rings (SSSR count). The highest BCUT2D eigenvalue weighted by Crippen LogP contribution is 2.26. The van der Waals surface area contributed by atoms with Crippen LogP contribution in [0.4, 0.5) is 5.69 Å². The first-order valence-electron chi connectivity index (χ1n) is 12.4. The molecule has 0 atom stereocenters. The first kappa shape index (κ1) is 26.9. The van der Waals surface area contributed by atoms with Gasteiger partial charge in [0.25, 0.3) is 15.9 Å². The zero-order chi connectivity index (χ0) is 25.4. The lowest BCUT2D eigenvalue weighted by molar-refractivity contribution is -0.116. The highest BCUT2D eigenvalue weighted by Gasteiger charge is 2.23. The Balaban J connectivity index is 1.96. The molecule has 1 heterocycles. The summed E-state index contributed by atoms with van der Waals surface area (Å²) in [5, 5.41) is 0. The van der Waals surface area contributed by atoms with Gasteiger partial charge in [0.2, 0.25) is 5.91 Å². The van der Waals surface area contributed by atoms with Crippen molar-refractivity contribution in [3.63, 3.8) is 0 Å². The average molecular weight is 500 g/mol. The molecule has 2 amide bonds. The van der Waals surface area contributed by atoms with E-state index in [-0.39, 0.29) is 16.4 Å². The summed E-state index contributed by atoms with van der Waals surface area (Å²) in [5.74, 6) is -0.257. The number of hydrogen-bond acceptors (Lipinski definition) is 5. The van der Waals surface area contributed by atoms with E-state index in [9.17, 15) is 18.0 Å². The number of carbonyl (C=O) groups is 2. The SMILES string of the molecule is CC(=O)N1CCCCCCCN(CC(C)C)Cc2cc(C(=O)NS(=O)(=O)c3ccccc3)ccc21. The number of nitrogens with zero attached hydrogens (tertiary/aromatic N) is 2. The largest absolute Gasteiger partial charge is 0.312 e. The lowest BCUT2D eigenvalue weighted by atomic mass is 10.0. The standard InChI is InChI=1S/C27H37N3O4S/c1-21(2)19-29-16-10-5-4-6-11-17-30(22(3)31)26-15-14-23(18-24(26)20-29)27(32)28-35(33,34)25-12-8-7-9-13-25/h7-9,12-15,18,21H,4-6,10-11,16-17,19-20H2,1-3H3,(H,28,32). The lowest BCUT2D eigenvalue weighted by Crippen LogP contribution is -2.34. The molecule has 1 aliphatic heterocycles. The van der Waals surface area contributed by atoms with Crippen molar-refractivity contribution in [1.29, 1.82) is 0 Å². The number of hydrogen-bond donors (Lipinski definition) is 1. The van der Waals surface area contributed by atoms with Gasteiger partial charge in [0.15, 0.2) is 0 Å². The van der Waals surface area contributed by atoms with Gasteiger partial charge >= 0.3 is 0 Å². The fourth-order valence-electron chi connectivity index (χ4n) is 4.53. The fraction of sp³-hybridized carbons (Fsp3) is 0.481. The van der Waals surface area contributed by atoms with Crippen molar-refractivity contribution in [1.82, 2.24) is 9.62 Å². The number of nitrogens with one attached hydrogen (secondary N) is 1. The maximum absolute atomic E-state index is 13.0. The lowest BCUT2D eigenvalue weighted by Gasteiger charge is -2.30. The van der Waals surface area contributed by atoms with Gasteiger partial charge in [-0.05, 0) is 61.2 Å². The Labute approximate surface area is 209 Å². The summed E-state index contributed by atoms with van der Waals surface area (Å²) in [6, 6.07) is 12.9. The van der Waals surface area contributed by atoms with Gasteiger partial charge in [-0.3, -0.25) is 14.5 Å². The Kier molecular flexibility index (Phi) is 9.46. The molecule has 190 valence electrons. The van der Waals surface area contributed by atoms with Crippen LogP contribution in [0.5, 0.6) is 0 Å². The van der Waals surface area contributed by atoms with Gasteiger partial charge in [-0.1, -0.05) is 51.3 Å². The number of sulfonamides is 1. The number of benzene rings is 2. The number of amides is 2. The van der Waals surface area contributed by atoms with Crippen LogP contribution in [0.1, 0.15) is 68.8 Å². The van der Waals surface area contributed by atoms with Gasteiger partial charge in [-0.2, -0.15) is 0 Å². The van der Waals surface area contributed by atoms with E-state index in [2.05, 4.69) is 23.5 Å². The number of fused-ring (bicyclic) bond motifs is 1. The van der Waals surface area contributed by atoms with Crippen LogP contribution >= 0.6 is 0 Å². The van der Waals surface area contributed by atoms with E-state index in [1.54, 1.807) is 48.2 Å². The second-order valence-corrected chi connectivity index (χ2v) is 11.3. The molecule has 0 fully saturated rings. The third-order valence-electron chi connectivity index (χ3n) is 6.17. The third kappa shape index (κ3) is 7.64. The van der Waals surface area contributed by atoms with Crippen LogP contribution < -0.4 is 9.62 Å². The third-order valence-corrected chi connectivity index (χ3v) is 7.51. The Morgan fingerprint density at radius 1 is 0.943 bits per heavy atom. The minimum Gasteiger partial charge on any atom is -0.312 e. The molecule has 2 aromatic rings. The van der Waals surface area contributed by atoms with Crippen LogP contribution in [0.25, 0.3) is 0 Å². The van der Waals surface area contributed by atoms with Crippen molar-refractivity contribution in [3.05, 3.63) is 59.7 Å². The molecule has 2 aromatic carbocycles. The summed E-state index contributed by atoms with van der Waals surface area (Å²) in [7, 11) is -3.99. The Morgan fingerprint density at radius 3 is 2.26 bits per heavy atom. The molecule has 1 aliphatic rings. The quantitative estimate of drug-likeness (QED) is 0.651. The Bertz CT molecular complexity index is 1120. The van der Waals surface area contributed by atoms with E-state index in [0.29, 0.717) is 19.0 Å². The van der Waals surface area contributed by atoms with Gasteiger partial charge in [-0.25, -0.2) is 13.1 Å². The average Bonchev–Trinajstić information content (AvgIpc) is 2.80. The number of anilines is 1. The molecule has 35 heavy (non-hydrogen) atoms. The maximum atomic E-state index is 13.0. The van der Waals surface area contributed by atoms with Gasteiger partial charge < -0.3 is 4.90 Å². The zero-order valence-corrected chi connectivity index (χ0v) is 21.8. The van der Waals surface area contributed by atoms with Crippen LogP contribution in [0, 0.1) is 5.92 Å². The number of rotatable bonds is 5. The molecule has 0 aromatic heterocycles. The van der Waals surface area contributed by atoms with E-state index in [1.165, 1.54) is 12.1 Å². The second kappa shape index (κ2) is 12.3. The fourth-order valence-corrected chi connectivity index (χ4v) is 5.53. The number of carbonyl (C=O) groups excluding carboxylic acids is 2. The van der Waals surface area contributed by atoms with Crippen molar-refractivity contribution in [2.45, 2.75) is 64.3 Å². The predicted octanol–water partition coefficient (Wildman–Crippen LogP) is 4.58. The summed E-state index contributed by atoms with van der Waals surface area (Å²) >= 11 is 0. The summed E-state index contributed by atoms with van der Waals surface area (Å²) in [6.45, 7) is 8.97. The van der Waals surface area contributed by atoms with Crippen LogP contribution in [-0.4, -0.2) is 44.8 Å². The molecule has 0 saturated heterocycles. The van der Waals surface area contributed by atoms with Crippen molar-refractivity contribution < 1.29 is 18.0 Å². The van der Waals surface area contributed by atoms with Gasteiger partial charge in [0.1, 0.15) is 0 Å². The topological polar surface area (TPSA) is 86.8 Å². The van der Waals surface area contributed by atoms with Gasteiger partial charge in [0, 0.05) is 37.8 Å². The molecule has 8 heteroatoms. The van der Waals surface area contributed by atoms with E-state index in [1.807, 2.05) is 0 Å². The Hall–Kier alpha value is -2.71. The van der Waals surface area contributed by atoms with Crippen molar-refractivity contribution in [2.75, 3.05) is 24.5 Å². The first-order chi connectivity index (χ1) is 16.7. The molecular weight excluding hydrogens is 462 g/mol. The molecule has 0 unspecified atom stereocenters. The molecule has 1 N–H and O–H groups in total. The van der Waals surface area contributed by atoms with Crippen molar-refractivity contribution in [3.8, 4) is 0 Å². The van der Waals surface area contributed by atoms with Gasteiger partial charge in [-0.15, -0.1) is 0 Å². The molecule has 0 bridgehead atoms. The molecule has 0 saturated carbocycles. The summed E-state index contributed by atoms with van der Waals surface area (Å²) in [5.41, 5.74) is 1.89. The zero-order valence-electron chi connectivity index (χ0n) is 21.0. The smallest absolute Gasteiger partial charge is 0.265 e. The second-order valence-electron chi connectivity index (χ2n) is 9.66. The van der Waals surface area contributed by atoms with Crippen LogP contribution in [0.2, 0.25) is 0 Å². The summed E-state index contributed by atoms with van der Waals surface area (Å²) < 4.78 is 27.5. The van der Waals surface area contributed by atoms with Crippen LogP contribution in [-0.2, 0) is 21.4 Å². The summed E-state index contributed by atoms with van der Waals surface area (Å²) in [4.78, 5) is 29.7. The van der Waals surface area contributed by atoms with Crippen LogP contribution in [0.3, 0.4) is 0 Å². The molecule has 7 nitrogen and oxygen atoms in total. The van der Waals surface area contributed by atoms with Crippen LogP contribution in [0.15, 0.2) is 53.4 Å². The van der Waals surface area contributed by atoms with E-state index in [4.69, 9.17) is 0 Å². The van der Waals surface area contributed by atoms with Crippen molar-refractivity contribution in [2.24, 2.45) is 5.92 Å². The minimum absolute atomic E-state index is 0.0329. The molecule has 0 aliphatic carbocycles. The first-order valence-corrected chi connectivity index (χ1v) is 13.9. The van der Waals surface area contributed by atoms with Crippen molar-refractivity contribution >= 4 is 27.5 Å². The monoisotopic (exact) mass is 499 g/mol. The molecule has 0 spiro atoms. The normalized spacial score (nSPS) is 16.2. The maximum Gasteiger partial charge on any atom is 0.265 e. The molecule has 0 radical (unpaired) electrons. The highest BCUT2D eigenvalue weighted by atomic mass is 32.2. The Morgan fingerprint density at radius 2 is 1.60 bits per heavy atom. The predicted molar refractivity (Wildman–Crippen MR) is 139 cm³/mol. The molecular formula is C27H37N3O4S. The summed E-state index contributed by atoms with van der Waals surface area (Å²) in [6.07, 6.45) is 5.41. The van der Waals surface area contributed by atoms with E-state index < -0.39 is 15.9 Å². The highest BCUT2D eigenvalue weighted by molar-refractivity contribution is 7.90. The van der Waals surface area contributed by atoms with E-state index in [0.717, 1.165) is 56.4 Å². The van der Waals surface area contributed by atoms with Gasteiger partial charge in [0.05, 0.1) is 4.90 Å². The minimum atomic E-state index is -3.99.